The third kappa shape index (κ3) is 3.12. The lowest BCUT2D eigenvalue weighted by atomic mass is 9.99. The molecule has 0 radical (unpaired) electrons. The number of hydrogen-bond donors (Lipinski definition) is 0. The predicted octanol–water partition coefficient (Wildman–Crippen LogP) is 2.98. The largest absolute Gasteiger partial charge is 0.447 e. The molecular formula is C11H13ClF3NO3S. The lowest BCUT2D eigenvalue weighted by Gasteiger charge is -2.32. The Balaban J connectivity index is 2.21. The van der Waals surface area contributed by atoms with Crippen LogP contribution in [-0.4, -0.2) is 32.0 Å². The quantitative estimate of drug-likeness (QED) is 0.800. The Morgan fingerprint density at radius 2 is 2.10 bits per heavy atom. The average Bonchev–Trinajstić information content (AvgIpc) is 2.87. The van der Waals surface area contributed by atoms with Crippen LogP contribution in [0.2, 0.25) is 0 Å². The predicted molar refractivity (Wildman–Crippen MR) is 65.8 cm³/mol. The molecule has 0 amide bonds. The van der Waals surface area contributed by atoms with Crippen molar-refractivity contribution in [2.75, 3.05) is 13.1 Å². The van der Waals surface area contributed by atoms with Crippen LogP contribution in [0.15, 0.2) is 21.6 Å². The van der Waals surface area contributed by atoms with Crippen molar-refractivity contribution in [1.29, 1.82) is 0 Å². The van der Waals surface area contributed by atoms with E-state index in [1.54, 1.807) is 0 Å². The van der Waals surface area contributed by atoms with Gasteiger partial charge < -0.3 is 4.42 Å². The molecule has 4 nitrogen and oxygen atoms in total. The molecule has 1 aromatic rings. The van der Waals surface area contributed by atoms with Gasteiger partial charge in [0.25, 0.3) is 10.0 Å². The average molecular weight is 332 g/mol. The van der Waals surface area contributed by atoms with Crippen molar-refractivity contribution in [3.05, 3.63) is 17.9 Å². The highest BCUT2D eigenvalue weighted by Gasteiger charge is 2.44. The van der Waals surface area contributed by atoms with E-state index in [0.29, 0.717) is 0 Å². The number of nitrogens with zero attached hydrogens (tertiary/aromatic N) is 1. The van der Waals surface area contributed by atoms with E-state index >= 15 is 0 Å². The summed E-state index contributed by atoms with van der Waals surface area (Å²) in [7, 11) is -4.04. The summed E-state index contributed by atoms with van der Waals surface area (Å²) in [6.45, 7) is -0.505. The standard InChI is InChI=1S/C11H13ClF3NO3S/c12-6-9-3-4-10(19-9)20(17,18)16-5-1-2-8(7-16)11(13,14)15/h3-4,8H,1-2,5-7H2. The molecule has 114 valence electrons. The molecule has 0 spiro atoms. The minimum Gasteiger partial charge on any atom is -0.447 e. The van der Waals surface area contributed by atoms with Crippen LogP contribution >= 0.6 is 11.6 Å². The van der Waals surface area contributed by atoms with Crippen LogP contribution in [0.1, 0.15) is 18.6 Å². The Kier molecular flexibility index (Phi) is 4.36. The maximum Gasteiger partial charge on any atom is 0.393 e. The Morgan fingerprint density at radius 3 is 2.65 bits per heavy atom. The van der Waals surface area contributed by atoms with E-state index < -0.39 is 28.7 Å². The van der Waals surface area contributed by atoms with Gasteiger partial charge in [0.1, 0.15) is 5.76 Å². The summed E-state index contributed by atoms with van der Waals surface area (Å²) in [5, 5.41) is -0.365. The Hall–Kier alpha value is -0.730. The summed E-state index contributed by atoms with van der Waals surface area (Å²) >= 11 is 5.51. The lowest BCUT2D eigenvalue weighted by molar-refractivity contribution is -0.182. The van der Waals surface area contributed by atoms with Crippen LogP contribution in [0.4, 0.5) is 13.2 Å². The van der Waals surface area contributed by atoms with E-state index in [1.807, 2.05) is 0 Å². The third-order valence-corrected chi connectivity index (χ3v) is 5.21. The number of hydrogen-bond acceptors (Lipinski definition) is 3. The monoisotopic (exact) mass is 331 g/mol. The number of alkyl halides is 4. The SMILES string of the molecule is O=S(=O)(c1ccc(CCl)o1)N1CCCC(C(F)(F)F)C1. The summed E-state index contributed by atoms with van der Waals surface area (Å²) in [6, 6.07) is 2.61. The van der Waals surface area contributed by atoms with Crippen molar-refractivity contribution in [3.63, 3.8) is 0 Å². The van der Waals surface area contributed by atoms with Crippen LogP contribution < -0.4 is 0 Å². The molecular weight excluding hydrogens is 319 g/mol. The van der Waals surface area contributed by atoms with E-state index in [9.17, 15) is 21.6 Å². The van der Waals surface area contributed by atoms with E-state index in [0.717, 1.165) is 4.31 Å². The van der Waals surface area contributed by atoms with Crippen LogP contribution in [-0.2, 0) is 15.9 Å². The van der Waals surface area contributed by atoms with Gasteiger partial charge in [-0.25, -0.2) is 8.42 Å². The molecule has 20 heavy (non-hydrogen) atoms. The van der Waals surface area contributed by atoms with Gasteiger partial charge in [-0.3, -0.25) is 0 Å². The first-order valence-electron chi connectivity index (χ1n) is 5.96. The van der Waals surface area contributed by atoms with E-state index in [1.165, 1.54) is 12.1 Å². The summed E-state index contributed by atoms with van der Waals surface area (Å²) in [6.07, 6.45) is -4.27. The molecule has 0 aliphatic carbocycles. The van der Waals surface area contributed by atoms with Crippen molar-refractivity contribution in [3.8, 4) is 0 Å². The molecule has 1 unspecified atom stereocenters. The van der Waals surface area contributed by atoms with Crippen LogP contribution in [0.3, 0.4) is 0 Å². The summed E-state index contributed by atoms with van der Waals surface area (Å²) in [4.78, 5) is 0. The molecule has 2 heterocycles. The summed E-state index contributed by atoms with van der Waals surface area (Å²) in [5.41, 5.74) is 0. The smallest absolute Gasteiger partial charge is 0.393 e. The highest BCUT2D eigenvalue weighted by molar-refractivity contribution is 7.89. The topological polar surface area (TPSA) is 50.5 Å². The van der Waals surface area contributed by atoms with Crippen molar-refractivity contribution in [2.24, 2.45) is 5.92 Å². The number of rotatable bonds is 3. The molecule has 1 aliphatic rings. The molecule has 9 heteroatoms. The van der Waals surface area contributed by atoms with Crippen molar-refractivity contribution < 1.29 is 26.0 Å². The number of sulfonamides is 1. The fourth-order valence-electron chi connectivity index (χ4n) is 2.12. The molecule has 1 aromatic heterocycles. The molecule has 1 fully saturated rings. The molecule has 2 rings (SSSR count). The van der Waals surface area contributed by atoms with Crippen LogP contribution in [0.5, 0.6) is 0 Å². The van der Waals surface area contributed by atoms with Gasteiger partial charge in [-0.15, -0.1) is 11.6 Å². The van der Waals surface area contributed by atoms with Gasteiger partial charge in [-0.2, -0.15) is 17.5 Å². The zero-order chi connectivity index (χ0) is 15.0. The fourth-order valence-corrected chi connectivity index (χ4v) is 3.72. The maximum atomic E-state index is 12.7. The van der Waals surface area contributed by atoms with Crippen LogP contribution in [0.25, 0.3) is 0 Å². The highest BCUT2D eigenvalue weighted by Crippen LogP contribution is 2.35. The second kappa shape index (κ2) is 5.57. The number of halogens is 4. The molecule has 1 atom stereocenters. The Bertz CT molecular complexity index is 570. The fraction of sp³-hybridized carbons (Fsp3) is 0.636. The van der Waals surface area contributed by atoms with Crippen LogP contribution in [0, 0.1) is 5.92 Å². The van der Waals surface area contributed by atoms with Crippen molar-refractivity contribution in [2.45, 2.75) is 30.0 Å². The summed E-state index contributed by atoms with van der Waals surface area (Å²) < 4.78 is 68.4. The van der Waals surface area contributed by atoms with E-state index in [2.05, 4.69) is 0 Å². The Labute approximate surface area is 119 Å². The lowest BCUT2D eigenvalue weighted by Crippen LogP contribution is -2.44. The minimum atomic E-state index is -4.39. The maximum absolute atomic E-state index is 12.7. The molecule has 1 aliphatic heterocycles. The number of piperidine rings is 1. The first kappa shape index (κ1) is 15.7. The second-order valence-corrected chi connectivity index (χ2v) is 6.73. The van der Waals surface area contributed by atoms with E-state index in [-0.39, 0.29) is 36.1 Å². The van der Waals surface area contributed by atoms with Gasteiger partial charge in [0, 0.05) is 13.1 Å². The van der Waals surface area contributed by atoms with Gasteiger partial charge in [0.05, 0.1) is 11.8 Å². The van der Waals surface area contributed by atoms with Gasteiger partial charge in [0.15, 0.2) is 0 Å². The summed E-state index contributed by atoms with van der Waals surface area (Å²) in [5.74, 6) is -1.37. The molecule has 0 bridgehead atoms. The first-order chi connectivity index (χ1) is 9.25. The molecule has 0 aromatic carbocycles. The van der Waals surface area contributed by atoms with Gasteiger partial charge >= 0.3 is 6.18 Å². The Morgan fingerprint density at radius 1 is 1.40 bits per heavy atom. The zero-order valence-electron chi connectivity index (χ0n) is 10.4. The van der Waals surface area contributed by atoms with E-state index in [4.69, 9.17) is 16.0 Å². The van der Waals surface area contributed by atoms with Gasteiger partial charge in [-0.1, -0.05) is 0 Å². The third-order valence-electron chi connectivity index (χ3n) is 3.21. The second-order valence-electron chi connectivity index (χ2n) is 4.60. The zero-order valence-corrected chi connectivity index (χ0v) is 11.9. The molecule has 0 N–H and O–H groups in total. The van der Waals surface area contributed by atoms with Crippen molar-refractivity contribution in [1.82, 2.24) is 4.31 Å². The number of furan rings is 1. The molecule has 1 saturated heterocycles. The normalized spacial score (nSPS) is 22.1. The minimum absolute atomic E-state index is 0.000691. The van der Waals surface area contributed by atoms with Crippen molar-refractivity contribution >= 4 is 21.6 Å². The first-order valence-corrected chi connectivity index (χ1v) is 7.94. The molecule has 0 saturated carbocycles. The van der Waals surface area contributed by atoms with Gasteiger partial charge in [-0.05, 0) is 25.0 Å². The van der Waals surface area contributed by atoms with Gasteiger partial charge in [0.2, 0.25) is 5.09 Å². The highest BCUT2D eigenvalue weighted by atomic mass is 35.5.